The molecule has 1 aromatic carbocycles. The normalized spacial score (nSPS) is 18.5. The maximum atomic E-state index is 12.0. The molecule has 1 saturated heterocycles. The average Bonchev–Trinajstić information content (AvgIpc) is 2.95. The lowest BCUT2D eigenvalue weighted by Gasteiger charge is -2.17. The van der Waals surface area contributed by atoms with Crippen LogP contribution in [-0.4, -0.2) is 44.3 Å². The molecule has 0 amide bonds. The van der Waals surface area contributed by atoms with Gasteiger partial charge in [-0.05, 0) is 44.5 Å². The maximum Gasteiger partial charge on any atom is 0.310 e. The molecule has 1 aromatic rings. The van der Waals surface area contributed by atoms with E-state index in [1.165, 1.54) is 0 Å². The van der Waals surface area contributed by atoms with Crippen molar-refractivity contribution in [3.8, 4) is 11.5 Å². The Morgan fingerprint density at radius 1 is 1.27 bits per heavy atom. The minimum Gasteiger partial charge on any atom is -0.493 e. The number of ether oxygens (including phenoxy) is 3. The van der Waals surface area contributed by atoms with Crippen LogP contribution in [0, 0.1) is 5.92 Å². The van der Waals surface area contributed by atoms with Crippen LogP contribution in [0.3, 0.4) is 0 Å². The zero-order valence-electron chi connectivity index (χ0n) is 13.8. The third-order valence-corrected chi connectivity index (χ3v) is 3.81. The second kappa shape index (κ2) is 7.49. The molecular formula is C17H25NO4. The topological polar surface area (TPSA) is 48.0 Å². The zero-order valence-corrected chi connectivity index (χ0v) is 13.8. The van der Waals surface area contributed by atoms with Gasteiger partial charge in [0.05, 0.1) is 26.2 Å². The molecule has 5 nitrogen and oxygen atoms in total. The average molecular weight is 307 g/mol. The number of carbonyl (C=O) groups excluding carboxylic acids is 1. The van der Waals surface area contributed by atoms with Crippen molar-refractivity contribution in [2.75, 3.05) is 27.3 Å². The summed E-state index contributed by atoms with van der Waals surface area (Å²) in [6.45, 7) is 6.22. The highest BCUT2D eigenvalue weighted by Crippen LogP contribution is 2.29. The van der Waals surface area contributed by atoms with Gasteiger partial charge in [-0.15, -0.1) is 0 Å². The Kier molecular flexibility index (Phi) is 5.66. The lowest BCUT2D eigenvalue weighted by atomic mass is 10.1. The van der Waals surface area contributed by atoms with Crippen molar-refractivity contribution in [3.05, 3.63) is 23.8 Å². The van der Waals surface area contributed by atoms with Crippen molar-refractivity contribution in [1.29, 1.82) is 0 Å². The first-order chi connectivity index (χ1) is 10.5. The Hall–Kier alpha value is -1.75. The Morgan fingerprint density at radius 2 is 2.00 bits per heavy atom. The highest BCUT2D eigenvalue weighted by Gasteiger charge is 2.29. The Morgan fingerprint density at radius 3 is 2.64 bits per heavy atom. The van der Waals surface area contributed by atoms with Crippen LogP contribution in [0.5, 0.6) is 11.5 Å². The maximum absolute atomic E-state index is 12.0. The van der Waals surface area contributed by atoms with Crippen LogP contribution in [0.1, 0.15) is 25.8 Å². The summed E-state index contributed by atoms with van der Waals surface area (Å²) in [5.74, 6) is 1.37. The molecule has 0 bridgehead atoms. The molecule has 122 valence electrons. The molecule has 22 heavy (non-hydrogen) atoms. The van der Waals surface area contributed by atoms with E-state index in [4.69, 9.17) is 14.2 Å². The van der Waals surface area contributed by atoms with Crippen molar-refractivity contribution in [2.24, 2.45) is 5.92 Å². The van der Waals surface area contributed by atoms with Crippen LogP contribution in [0.4, 0.5) is 0 Å². The number of nitrogens with zero attached hydrogens (tertiary/aromatic N) is 1. The van der Waals surface area contributed by atoms with Gasteiger partial charge >= 0.3 is 5.97 Å². The van der Waals surface area contributed by atoms with Crippen molar-refractivity contribution in [3.63, 3.8) is 0 Å². The molecule has 1 atom stereocenters. The predicted molar refractivity (Wildman–Crippen MR) is 84.2 cm³/mol. The van der Waals surface area contributed by atoms with Gasteiger partial charge in [0.15, 0.2) is 11.5 Å². The number of likely N-dealkylation sites (tertiary alicyclic amines) is 1. The van der Waals surface area contributed by atoms with Crippen LogP contribution < -0.4 is 9.47 Å². The molecule has 1 aliphatic heterocycles. The molecule has 5 heteroatoms. The zero-order chi connectivity index (χ0) is 16.1. The van der Waals surface area contributed by atoms with Gasteiger partial charge in [-0.1, -0.05) is 6.07 Å². The highest BCUT2D eigenvalue weighted by atomic mass is 16.5. The van der Waals surface area contributed by atoms with Crippen LogP contribution in [0.25, 0.3) is 0 Å². The fourth-order valence-electron chi connectivity index (χ4n) is 2.73. The molecule has 0 aromatic heterocycles. The minimum absolute atomic E-state index is 0.0115. The van der Waals surface area contributed by atoms with E-state index in [1.807, 2.05) is 32.0 Å². The second-order valence-corrected chi connectivity index (χ2v) is 5.90. The van der Waals surface area contributed by atoms with Gasteiger partial charge in [-0.3, -0.25) is 9.69 Å². The van der Waals surface area contributed by atoms with Gasteiger partial charge < -0.3 is 14.2 Å². The number of hydrogen-bond donors (Lipinski definition) is 0. The summed E-state index contributed by atoms with van der Waals surface area (Å²) in [4.78, 5) is 14.2. The standard InChI is InChI=1S/C17H25NO4/c1-12(2)22-17(19)14-7-8-18(11-14)10-13-5-6-15(20-3)16(9-13)21-4/h5-6,9,12,14H,7-8,10-11H2,1-4H3. The van der Waals surface area contributed by atoms with E-state index in [9.17, 15) is 4.79 Å². The van der Waals surface area contributed by atoms with E-state index >= 15 is 0 Å². The molecule has 1 heterocycles. The van der Waals surface area contributed by atoms with Gasteiger partial charge in [0.25, 0.3) is 0 Å². The smallest absolute Gasteiger partial charge is 0.310 e. The number of esters is 1. The summed E-state index contributed by atoms with van der Waals surface area (Å²) in [7, 11) is 3.26. The summed E-state index contributed by atoms with van der Waals surface area (Å²) in [6, 6.07) is 5.93. The first kappa shape index (κ1) is 16.6. The van der Waals surface area contributed by atoms with Crippen molar-refractivity contribution < 1.29 is 19.0 Å². The molecule has 0 N–H and O–H groups in total. The third kappa shape index (κ3) is 4.13. The van der Waals surface area contributed by atoms with E-state index in [-0.39, 0.29) is 18.0 Å². The van der Waals surface area contributed by atoms with E-state index in [0.717, 1.165) is 43.1 Å². The molecule has 1 aliphatic rings. The molecule has 0 radical (unpaired) electrons. The quantitative estimate of drug-likeness (QED) is 0.756. The van der Waals surface area contributed by atoms with E-state index < -0.39 is 0 Å². The largest absolute Gasteiger partial charge is 0.493 e. The van der Waals surface area contributed by atoms with Crippen molar-refractivity contribution in [1.82, 2.24) is 4.90 Å². The summed E-state index contributed by atoms with van der Waals surface area (Å²) in [5, 5.41) is 0. The molecule has 1 fully saturated rings. The fraction of sp³-hybridized carbons (Fsp3) is 0.588. The second-order valence-electron chi connectivity index (χ2n) is 5.90. The Labute approximate surface area is 132 Å². The van der Waals surface area contributed by atoms with Crippen molar-refractivity contribution in [2.45, 2.75) is 32.9 Å². The van der Waals surface area contributed by atoms with E-state index in [2.05, 4.69) is 4.90 Å². The molecule has 0 saturated carbocycles. The SMILES string of the molecule is COc1ccc(CN2CCC(C(=O)OC(C)C)C2)cc1OC. The van der Waals surface area contributed by atoms with Crippen LogP contribution in [0.15, 0.2) is 18.2 Å². The number of carbonyl (C=O) groups is 1. The third-order valence-electron chi connectivity index (χ3n) is 3.81. The van der Waals surface area contributed by atoms with E-state index in [1.54, 1.807) is 14.2 Å². The molecule has 1 unspecified atom stereocenters. The molecule has 0 spiro atoms. The molecule has 2 rings (SSSR count). The minimum atomic E-state index is -0.0789. The monoisotopic (exact) mass is 307 g/mol. The van der Waals surface area contributed by atoms with Crippen LogP contribution in [0.2, 0.25) is 0 Å². The first-order valence-electron chi connectivity index (χ1n) is 7.67. The fourth-order valence-corrected chi connectivity index (χ4v) is 2.73. The summed E-state index contributed by atoms with van der Waals surface area (Å²) < 4.78 is 15.9. The number of benzene rings is 1. The molecular weight excluding hydrogens is 282 g/mol. The van der Waals surface area contributed by atoms with Crippen molar-refractivity contribution >= 4 is 5.97 Å². The molecule has 0 aliphatic carbocycles. The Balaban J connectivity index is 1.94. The lowest BCUT2D eigenvalue weighted by molar-refractivity contribution is -0.151. The van der Waals surface area contributed by atoms with E-state index in [0.29, 0.717) is 0 Å². The van der Waals surface area contributed by atoms with Gasteiger partial charge in [-0.2, -0.15) is 0 Å². The van der Waals surface area contributed by atoms with Gasteiger partial charge in [0.1, 0.15) is 0 Å². The van der Waals surface area contributed by atoms with Crippen LogP contribution >= 0.6 is 0 Å². The highest BCUT2D eigenvalue weighted by molar-refractivity contribution is 5.73. The summed E-state index contributed by atoms with van der Waals surface area (Å²) >= 11 is 0. The number of rotatable bonds is 6. The van der Waals surface area contributed by atoms with Gasteiger partial charge in [0, 0.05) is 13.1 Å². The number of hydrogen-bond acceptors (Lipinski definition) is 5. The first-order valence-corrected chi connectivity index (χ1v) is 7.67. The number of methoxy groups -OCH3 is 2. The Bertz CT molecular complexity index is 515. The van der Waals surface area contributed by atoms with Gasteiger partial charge in [-0.25, -0.2) is 0 Å². The lowest BCUT2D eigenvalue weighted by Crippen LogP contribution is -2.25. The van der Waals surface area contributed by atoms with Crippen LogP contribution in [-0.2, 0) is 16.1 Å². The summed E-state index contributed by atoms with van der Waals surface area (Å²) in [5.41, 5.74) is 1.15. The summed E-state index contributed by atoms with van der Waals surface area (Å²) in [6.07, 6.45) is 0.811. The van der Waals surface area contributed by atoms with Gasteiger partial charge in [0.2, 0.25) is 0 Å². The predicted octanol–water partition coefficient (Wildman–Crippen LogP) is 2.48.